The smallest absolute Gasteiger partial charge is 0.249 e. The van der Waals surface area contributed by atoms with Gasteiger partial charge in [0.25, 0.3) is 0 Å². The zero-order valence-corrected chi connectivity index (χ0v) is 13.2. The van der Waals surface area contributed by atoms with Crippen molar-refractivity contribution in [2.24, 2.45) is 5.73 Å². The highest BCUT2D eigenvalue weighted by Gasteiger charge is 2.23. The molecule has 7 heteroatoms. The van der Waals surface area contributed by atoms with Gasteiger partial charge in [0.05, 0.1) is 17.1 Å². The van der Waals surface area contributed by atoms with Crippen molar-refractivity contribution in [1.82, 2.24) is 19.7 Å². The first-order valence-electron chi connectivity index (χ1n) is 8.01. The van der Waals surface area contributed by atoms with Gasteiger partial charge >= 0.3 is 0 Å². The molecule has 3 aromatic rings. The highest BCUT2D eigenvalue weighted by Crippen LogP contribution is 2.28. The van der Waals surface area contributed by atoms with Crippen molar-refractivity contribution in [1.29, 1.82) is 0 Å². The van der Waals surface area contributed by atoms with Crippen molar-refractivity contribution in [3.63, 3.8) is 0 Å². The van der Waals surface area contributed by atoms with Crippen LogP contribution in [-0.4, -0.2) is 38.7 Å². The van der Waals surface area contributed by atoms with Crippen LogP contribution in [0, 0.1) is 0 Å². The molecule has 0 saturated carbocycles. The molecule has 0 spiro atoms. The average molecular weight is 322 g/mol. The van der Waals surface area contributed by atoms with Crippen LogP contribution in [0.5, 0.6) is 0 Å². The third-order valence-corrected chi connectivity index (χ3v) is 4.57. The topological polar surface area (TPSA) is 89.9 Å². The molecule has 0 bridgehead atoms. The fourth-order valence-electron chi connectivity index (χ4n) is 3.29. The molecule has 0 atom stereocenters. The number of carbonyl (C=O) groups excluding carboxylic acids is 1. The predicted octanol–water partition coefficient (Wildman–Crippen LogP) is 1.77. The number of hydrogen-bond donors (Lipinski definition) is 1. The molecule has 1 amide bonds. The molecule has 2 aromatic heterocycles. The van der Waals surface area contributed by atoms with Crippen LogP contribution in [0.3, 0.4) is 0 Å². The zero-order valence-electron chi connectivity index (χ0n) is 13.2. The van der Waals surface area contributed by atoms with Gasteiger partial charge < -0.3 is 10.6 Å². The number of primary amides is 1. The summed E-state index contributed by atoms with van der Waals surface area (Å²) in [6.45, 7) is 1.71. The number of nitrogens with zero attached hydrogens (tertiary/aromatic N) is 5. The summed E-state index contributed by atoms with van der Waals surface area (Å²) in [4.78, 5) is 22.7. The Kier molecular flexibility index (Phi) is 3.60. The first kappa shape index (κ1) is 14.6. The summed E-state index contributed by atoms with van der Waals surface area (Å²) in [5.41, 5.74) is 6.88. The minimum Gasteiger partial charge on any atom is -0.366 e. The van der Waals surface area contributed by atoms with Gasteiger partial charge in [0.15, 0.2) is 0 Å². The molecule has 0 aliphatic carbocycles. The summed E-state index contributed by atoms with van der Waals surface area (Å²) in [5.74, 6) is 0.381. The van der Waals surface area contributed by atoms with Crippen molar-refractivity contribution in [3.8, 4) is 0 Å². The van der Waals surface area contributed by atoms with E-state index in [2.05, 4.69) is 15.0 Å². The molecular formula is C17H18N6O. The van der Waals surface area contributed by atoms with Gasteiger partial charge in [-0.05, 0) is 25.0 Å². The van der Waals surface area contributed by atoms with E-state index in [0.29, 0.717) is 11.6 Å². The van der Waals surface area contributed by atoms with Gasteiger partial charge in [0.1, 0.15) is 18.5 Å². The Morgan fingerprint density at radius 1 is 1.21 bits per heavy atom. The number of amides is 1. The Hall–Kier alpha value is -2.96. The van der Waals surface area contributed by atoms with E-state index < -0.39 is 5.91 Å². The van der Waals surface area contributed by atoms with Crippen LogP contribution in [0.25, 0.3) is 10.9 Å². The summed E-state index contributed by atoms with van der Waals surface area (Å²) in [7, 11) is 0. The summed E-state index contributed by atoms with van der Waals surface area (Å²) >= 11 is 0. The maximum Gasteiger partial charge on any atom is 0.249 e. The van der Waals surface area contributed by atoms with Crippen molar-refractivity contribution in [3.05, 3.63) is 48.5 Å². The second-order valence-corrected chi connectivity index (χ2v) is 6.00. The standard InChI is InChI=1S/C17H18N6O/c18-17(24)14-9-16(21-15-4-2-1-3-13(14)15)22-7-5-12(6-8-22)23-11-19-10-20-23/h1-4,9-12H,5-8H2,(H2,18,24). The number of aromatic nitrogens is 4. The van der Waals surface area contributed by atoms with E-state index in [9.17, 15) is 4.79 Å². The van der Waals surface area contributed by atoms with Crippen LogP contribution in [0.4, 0.5) is 5.82 Å². The van der Waals surface area contributed by atoms with Crippen LogP contribution in [-0.2, 0) is 0 Å². The number of pyridine rings is 1. The Labute approximate surface area is 139 Å². The summed E-state index contributed by atoms with van der Waals surface area (Å²) in [6, 6.07) is 9.76. The van der Waals surface area contributed by atoms with Crippen molar-refractivity contribution < 1.29 is 4.79 Å². The van der Waals surface area contributed by atoms with E-state index in [1.54, 1.807) is 18.7 Å². The third-order valence-electron chi connectivity index (χ3n) is 4.57. The molecule has 0 radical (unpaired) electrons. The Morgan fingerprint density at radius 3 is 2.71 bits per heavy atom. The number of hydrogen-bond acceptors (Lipinski definition) is 5. The van der Waals surface area contributed by atoms with Crippen LogP contribution in [0.15, 0.2) is 43.0 Å². The van der Waals surface area contributed by atoms with Gasteiger partial charge in [-0.1, -0.05) is 18.2 Å². The molecule has 2 N–H and O–H groups in total. The largest absolute Gasteiger partial charge is 0.366 e. The molecule has 7 nitrogen and oxygen atoms in total. The number of rotatable bonds is 3. The first-order valence-corrected chi connectivity index (χ1v) is 8.01. The average Bonchev–Trinajstić information content (AvgIpc) is 3.15. The number of piperidine rings is 1. The molecule has 122 valence electrons. The summed E-state index contributed by atoms with van der Waals surface area (Å²) in [6.07, 6.45) is 5.25. The highest BCUT2D eigenvalue weighted by atomic mass is 16.1. The normalized spacial score (nSPS) is 15.8. The highest BCUT2D eigenvalue weighted by molar-refractivity contribution is 6.06. The zero-order chi connectivity index (χ0) is 16.5. The fraction of sp³-hybridized carbons (Fsp3) is 0.294. The molecule has 1 aliphatic heterocycles. The third kappa shape index (κ3) is 2.58. The molecule has 0 unspecified atom stereocenters. The predicted molar refractivity (Wildman–Crippen MR) is 90.8 cm³/mol. The SMILES string of the molecule is NC(=O)c1cc(N2CCC(n3cncn3)CC2)nc2ccccc12. The minimum absolute atomic E-state index is 0.361. The second kappa shape index (κ2) is 5.92. The van der Waals surface area contributed by atoms with Gasteiger partial charge in [-0.3, -0.25) is 4.79 Å². The Morgan fingerprint density at radius 2 is 2.00 bits per heavy atom. The van der Waals surface area contributed by atoms with E-state index in [4.69, 9.17) is 10.7 Å². The number of benzene rings is 1. The van der Waals surface area contributed by atoms with Crippen LogP contribution in [0.1, 0.15) is 29.2 Å². The molecule has 24 heavy (non-hydrogen) atoms. The number of anilines is 1. The van der Waals surface area contributed by atoms with E-state index in [1.807, 2.05) is 28.9 Å². The number of para-hydroxylation sites is 1. The van der Waals surface area contributed by atoms with Crippen LogP contribution in [0.2, 0.25) is 0 Å². The molecule has 1 aromatic carbocycles. The Balaban J connectivity index is 1.62. The van der Waals surface area contributed by atoms with Gasteiger partial charge in [0, 0.05) is 18.5 Å². The quantitative estimate of drug-likeness (QED) is 0.793. The molecular weight excluding hydrogens is 304 g/mol. The van der Waals surface area contributed by atoms with Crippen molar-refractivity contribution in [2.45, 2.75) is 18.9 Å². The van der Waals surface area contributed by atoms with Crippen LogP contribution >= 0.6 is 0 Å². The molecule has 1 fully saturated rings. The van der Waals surface area contributed by atoms with Gasteiger partial charge in [0.2, 0.25) is 5.91 Å². The lowest BCUT2D eigenvalue weighted by atomic mass is 10.0. The van der Waals surface area contributed by atoms with Crippen molar-refractivity contribution in [2.75, 3.05) is 18.0 Å². The first-order chi connectivity index (χ1) is 11.7. The summed E-state index contributed by atoms with van der Waals surface area (Å²) < 4.78 is 1.92. The van der Waals surface area contributed by atoms with E-state index in [0.717, 1.165) is 42.7 Å². The van der Waals surface area contributed by atoms with Gasteiger partial charge in [-0.25, -0.2) is 14.6 Å². The maximum atomic E-state index is 11.8. The fourth-order valence-corrected chi connectivity index (χ4v) is 3.29. The van der Waals surface area contributed by atoms with E-state index >= 15 is 0 Å². The lowest BCUT2D eigenvalue weighted by Crippen LogP contribution is -2.35. The Bertz CT molecular complexity index is 868. The second-order valence-electron chi connectivity index (χ2n) is 6.00. The van der Waals surface area contributed by atoms with Crippen LogP contribution < -0.4 is 10.6 Å². The molecule has 1 aliphatic rings. The number of carbonyl (C=O) groups is 1. The maximum absolute atomic E-state index is 11.8. The molecule has 3 heterocycles. The minimum atomic E-state index is -0.424. The molecule has 1 saturated heterocycles. The van der Waals surface area contributed by atoms with E-state index in [-0.39, 0.29) is 0 Å². The van der Waals surface area contributed by atoms with E-state index in [1.165, 1.54) is 0 Å². The summed E-state index contributed by atoms with van der Waals surface area (Å²) in [5, 5.41) is 5.02. The lowest BCUT2D eigenvalue weighted by Gasteiger charge is -2.33. The molecule has 4 rings (SSSR count). The van der Waals surface area contributed by atoms with Gasteiger partial charge in [-0.2, -0.15) is 5.10 Å². The number of nitrogens with two attached hydrogens (primary N) is 1. The lowest BCUT2D eigenvalue weighted by molar-refractivity contribution is 0.100. The monoisotopic (exact) mass is 322 g/mol. The number of fused-ring (bicyclic) bond motifs is 1. The van der Waals surface area contributed by atoms with Crippen molar-refractivity contribution >= 4 is 22.6 Å². The van der Waals surface area contributed by atoms with Gasteiger partial charge in [-0.15, -0.1) is 0 Å².